The van der Waals surface area contributed by atoms with Crippen LogP contribution in [-0.4, -0.2) is 57.6 Å². The second kappa shape index (κ2) is 10.4. The quantitative estimate of drug-likeness (QED) is 0.432. The highest BCUT2D eigenvalue weighted by Gasteiger charge is 2.37. The summed E-state index contributed by atoms with van der Waals surface area (Å²) in [6.07, 6.45) is 1.81. The van der Waals surface area contributed by atoms with Crippen molar-refractivity contribution in [3.63, 3.8) is 0 Å². The molecule has 1 saturated heterocycles. The van der Waals surface area contributed by atoms with Crippen molar-refractivity contribution in [1.29, 1.82) is 0 Å². The van der Waals surface area contributed by atoms with Gasteiger partial charge < -0.3 is 15.7 Å². The van der Waals surface area contributed by atoms with Crippen LogP contribution in [0.15, 0.2) is 34.8 Å². The zero-order valence-electron chi connectivity index (χ0n) is 19.3. The molecule has 2 fully saturated rings. The number of aliphatic hydroxyl groups is 1. The van der Waals surface area contributed by atoms with E-state index in [0.29, 0.717) is 19.4 Å². The van der Waals surface area contributed by atoms with Crippen molar-refractivity contribution in [2.45, 2.75) is 63.8 Å². The molecule has 2 heterocycles. The molecule has 3 amide bonds. The van der Waals surface area contributed by atoms with Crippen molar-refractivity contribution < 1.29 is 19.5 Å². The molecular formula is C24H30BrN5O4. The molecule has 1 unspecified atom stereocenters. The van der Waals surface area contributed by atoms with Crippen molar-refractivity contribution in [3.8, 4) is 0 Å². The molecule has 1 aromatic heterocycles. The number of rotatable bonds is 7. The molecule has 0 radical (unpaired) electrons. The summed E-state index contributed by atoms with van der Waals surface area (Å²) in [5.74, 6) is -1.10. The van der Waals surface area contributed by atoms with E-state index in [-0.39, 0.29) is 23.8 Å². The van der Waals surface area contributed by atoms with E-state index in [9.17, 15) is 19.5 Å². The Kier molecular flexibility index (Phi) is 7.49. The van der Waals surface area contributed by atoms with E-state index in [4.69, 9.17) is 0 Å². The number of carbonyl (C=O) groups is 3. The van der Waals surface area contributed by atoms with Crippen molar-refractivity contribution in [2.75, 3.05) is 6.54 Å². The summed E-state index contributed by atoms with van der Waals surface area (Å²) in [5, 5.41) is 17.9. The van der Waals surface area contributed by atoms with Crippen LogP contribution in [0.1, 0.15) is 51.3 Å². The topological polar surface area (TPSA) is 124 Å². The van der Waals surface area contributed by atoms with Gasteiger partial charge in [0.15, 0.2) is 0 Å². The summed E-state index contributed by atoms with van der Waals surface area (Å²) in [4.78, 5) is 42.6. The SMILES string of the molecule is C[C@H](NC(=O)C(O)C1CC1)C(=O)N1CCC[C@@H](C(=O)N[C@H](C)c2ccc3ccc(Br)cc3n2)N1. The fourth-order valence-corrected chi connectivity index (χ4v) is 4.44. The van der Waals surface area contributed by atoms with Gasteiger partial charge in [0.1, 0.15) is 18.2 Å². The second-order valence-electron chi connectivity index (χ2n) is 9.13. The van der Waals surface area contributed by atoms with Gasteiger partial charge in [0.25, 0.3) is 5.91 Å². The third kappa shape index (κ3) is 5.73. The lowest BCUT2D eigenvalue weighted by Gasteiger charge is -2.35. The number of aliphatic hydroxyl groups excluding tert-OH is 1. The highest BCUT2D eigenvalue weighted by atomic mass is 79.9. The maximum atomic E-state index is 12.9. The number of hydrazine groups is 1. The van der Waals surface area contributed by atoms with Crippen LogP contribution in [0.5, 0.6) is 0 Å². The molecule has 0 bridgehead atoms. The molecule has 2 aliphatic rings. The van der Waals surface area contributed by atoms with Gasteiger partial charge in [-0.05, 0) is 63.6 Å². The molecule has 34 heavy (non-hydrogen) atoms. The number of fused-ring (bicyclic) bond motifs is 1. The summed E-state index contributed by atoms with van der Waals surface area (Å²) in [6, 6.07) is 8.04. The highest BCUT2D eigenvalue weighted by Crippen LogP contribution is 2.32. The van der Waals surface area contributed by atoms with Crippen LogP contribution < -0.4 is 16.1 Å². The molecular weight excluding hydrogens is 502 g/mol. The predicted molar refractivity (Wildman–Crippen MR) is 130 cm³/mol. The lowest BCUT2D eigenvalue weighted by Crippen LogP contribution is -2.61. The first-order chi connectivity index (χ1) is 16.2. The minimum Gasteiger partial charge on any atom is -0.383 e. The van der Waals surface area contributed by atoms with Crippen molar-refractivity contribution in [2.24, 2.45) is 5.92 Å². The highest BCUT2D eigenvalue weighted by molar-refractivity contribution is 9.10. The van der Waals surface area contributed by atoms with E-state index in [1.165, 1.54) is 5.01 Å². The van der Waals surface area contributed by atoms with E-state index in [1.54, 1.807) is 6.92 Å². The Balaban J connectivity index is 1.33. The Bertz CT molecular complexity index is 1090. The Morgan fingerprint density at radius 3 is 2.62 bits per heavy atom. The minimum atomic E-state index is -1.07. The van der Waals surface area contributed by atoms with Gasteiger partial charge >= 0.3 is 0 Å². The summed E-state index contributed by atoms with van der Waals surface area (Å²) in [7, 11) is 0. The summed E-state index contributed by atoms with van der Waals surface area (Å²) in [5.41, 5.74) is 4.58. The van der Waals surface area contributed by atoms with Crippen LogP contribution in [0.4, 0.5) is 0 Å². The second-order valence-corrected chi connectivity index (χ2v) is 10.0. The smallest absolute Gasteiger partial charge is 0.258 e. The van der Waals surface area contributed by atoms with E-state index < -0.39 is 24.1 Å². The number of nitrogens with one attached hydrogen (secondary N) is 3. The Morgan fingerprint density at radius 2 is 1.88 bits per heavy atom. The molecule has 2 aromatic rings. The predicted octanol–water partition coefficient (Wildman–Crippen LogP) is 1.95. The minimum absolute atomic E-state index is 0.0101. The number of nitrogens with zero attached hydrogens (tertiary/aromatic N) is 2. The number of hydrogen-bond acceptors (Lipinski definition) is 6. The van der Waals surface area contributed by atoms with Crippen LogP contribution in [0, 0.1) is 5.92 Å². The van der Waals surface area contributed by atoms with Gasteiger partial charge in [-0.3, -0.25) is 24.4 Å². The van der Waals surface area contributed by atoms with Gasteiger partial charge in [-0.15, -0.1) is 0 Å². The fourth-order valence-electron chi connectivity index (χ4n) is 4.09. The number of amides is 3. The first kappa shape index (κ1) is 24.6. The van der Waals surface area contributed by atoms with E-state index in [2.05, 4.69) is 37.0 Å². The van der Waals surface area contributed by atoms with Gasteiger partial charge in [0.05, 0.1) is 17.3 Å². The molecule has 10 heteroatoms. The molecule has 9 nitrogen and oxygen atoms in total. The zero-order valence-corrected chi connectivity index (χ0v) is 20.8. The molecule has 1 aromatic carbocycles. The molecule has 4 N–H and O–H groups in total. The molecule has 1 saturated carbocycles. The van der Waals surface area contributed by atoms with Gasteiger partial charge in [-0.2, -0.15) is 0 Å². The number of aromatic nitrogens is 1. The lowest BCUT2D eigenvalue weighted by atomic mass is 10.1. The zero-order chi connectivity index (χ0) is 24.4. The van der Waals surface area contributed by atoms with Gasteiger partial charge in [0.2, 0.25) is 11.8 Å². The third-order valence-corrected chi connectivity index (χ3v) is 6.81. The standard InChI is InChI=1S/C24H30BrN5O4/c1-13(18-10-8-15-7-9-17(25)12-20(15)28-18)26-22(32)19-4-3-11-30(29-19)24(34)14(2)27-23(33)21(31)16-5-6-16/h7-10,12-14,16,19,21,29,31H,3-6,11H2,1-2H3,(H,26,32)(H,27,33)/t13-,14+,19+,21?/m1/s1. The normalized spacial score (nSPS) is 20.9. The lowest BCUT2D eigenvalue weighted by molar-refractivity contribution is -0.144. The van der Waals surface area contributed by atoms with Crippen LogP contribution in [0.3, 0.4) is 0 Å². The fraction of sp³-hybridized carbons (Fsp3) is 0.500. The first-order valence-corrected chi connectivity index (χ1v) is 12.4. The van der Waals surface area contributed by atoms with Crippen molar-refractivity contribution >= 4 is 44.6 Å². The van der Waals surface area contributed by atoms with Gasteiger partial charge in [0, 0.05) is 16.4 Å². The monoisotopic (exact) mass is 531 g/mol. The summed E-state index contributed by atoms with van der Waals surface area (Å²) < 4.78 is 0.935. The number of carbonyl (C=O) groups excluding carboxylic acids is 3. The Morgan fingerprint density at radius 1 is 1.15 bits per heavy atom. The third-order valence-electron chi connectivity index (χ3n) is 6.31. The van der Waals surface area contributed by atoms with Crippen molar-refractivity contribution in [1.82, 2.24) is 26.1 Å². The maximum Gasteiger partial charge on any atom is 0.258 e. The van der Waals surface area contributed by atoms with E-state index >= 15 is 0 Å². The van der Waals surface area contributed by atoms with Crippen molar-refractivity contribution in [3.05, 3.63) is 40.5 Å². The number of hydrogen-bond donors (Lipinski definition) is 4. The number of benzene rings is 1. The molecule has 0 spiro atoms. The largest absolute Gasteiger partial charge is 0.383 e. The number of pyridine rings is 1. The average Bonchev–Trinajstić information content (AvgIpc) is 3.68. The molecule has 1 aliphatic heterocycles. The maximum absolute atomic E-state index is 12.9. The Hall–Kier alpha value is -2.56. The Labute approximate surface area is 206 Å². The summed E-state index contributed by atoms with van der Waals surface area (Å²) >= 11 is 3.46. The summed E-state index contributed by atoms with van der Waals surface area (Å²) in [6.45, 7) is 3.89. The molecule has 182 valence electrons. The first-order valence-electron chi connectivity index (χ1n) is 11.7. The molecule has 1 aliphatic carbocycles. The van der Waals surface area contributed by atoms with Gasteiger partial charge in [-0.25, -0.2) is 5.43 Å². The molecule has 4 rings (SSSR count). The number of halogens is 1. The average molecular weight is 532 g/mol. The van der Waals surface area contributed by atoms with E-state index in [1.807, 2.05) is 37.3 Å². The van der Waals surface area contributed by atoms with Crippen LogP contribution in [0.25, 0.3) is 10.9 Å². The van der Waals surface area contributed by atoms with Crippen LogP contribution in [-0.2, 0) is 14.4 Å². The van der Waals surface area contributed by atoms with E-state index in [0.717, 1.165) is 33.9 Å². The van der Waals surface area contributed by atoms with Crippen LogP contribution >= 0.6 is 15.9 Å². The van der Waals surface area contributed by atoms with Gasteiger partial charge in [-0.1, -0.05) is 28.1 Å². The molecule has 4 atom stereocenters. The van der Waals surface area contributed by atoms with Crippen LogP contribution in [0.2, 0.25) is 0 Å².